The van der Waals surface area contributed by atoms with Gasteiger partial charge in [0.1, 0.15) is 5.82 Å². The molecule has 1 aliphatic carbocycles. The van der Waals surface area contributed by atoms with E-state index in [9.17, 15) is 14.0 Å². The molecule has 130 valence electrons. The average Bonchev–Trinajstić information content (AvgIpc) is 2.93. The van der Waals surface area contributed by atoms with Gasteiger partial charge in [-0.3, -0.25) is 9.59 Å². The fourth-order valence-electron chi connectivity index (χ4n) is 4.13. The summed E-state index contributed by atoms with van der Waals surface area (Å²) in [6.07, 6.45) is 4.35. The van der Waals surface area contributed by atoms with E-state index in [4.69, 9.17) is 0 Å². The molecule has 1 aliphatic heterocycles. The van der Waals surface area contributed by atoms with Crippen molar-refractivity contribution >= 4 is 11.8 Å². The van der Waals surface area contributed by atoms with Crippen molar-refractivity contribution in [3.05, 3.63) is 35.6 Å². The molecule has 2 amide bonds. The van der Waals surface area contributed by atoms with Gasteiger partial charge < -0.3 is 9.80 Å². The number of hydrogen-bond acceptors (Lipinski definition) is 2. The molecule has 0 bridgehead atoms. The molecule has 0 aromatic heterocycles. The van der Waals surface area contributed by atoms with Gasteiger partial charge in [0, 0.05) is 33.1 Å². The second-order valence-corrected chi connectivity index (χ2v) is 6.95. The zero-order valence-corrected chi connectivity index (χ0v) is 14.3. The van der Waals surface area contributed by atoms with Crippen LogP contribution in [0.4, 0.5) is 4.39 Å². The second kappa shape index (κ2) is 6.91. The van der Waals surface area contributed by atoms with Gasteiger partial charge in [-0.2, -0.15) is 0 Å². The Morgan fingerprint density at radius 1 is 1.00 bits per heavy atom. The number of carbonyl (C=O) groups excluding carboxylic acids is 2. The SMILES string of the molecule is CC(=O)N1CCCN(C(=O)C2(c3cccc(F)c3)CCCC2)CC1. The number of nitrogens with zero attached hydrogens (tertiary/aromatic N) is 2. The number of hydrogen-bond donors (Lipinski definition) is 0. The molecule has 1 saturated heterocycles. The summed E-state index contributed by atoms with van der Waals surface area (Å²) >= 11 is 0. The summed E-state index contributed by atoms with van der Waals surface area (Å²) in [5, 5.41) is 0. The molecular formula is C19H25FN2O2. The number of amides is 2. The van der Waals surface area contributed by atoms with E-state index >= 15 is 0 Å². The van der Waals surface area contributed by atoms with Crippen molar-refractivity contribution in [3.63, 3.8) is 0 Å². The van der Waals surface area contributed by atoms with Crippen LogP contribution in [0.15, 0.2) is 24.3 Å². The van der Waals surface area contributed by atoms with Crippen molar-refractivity contribution in [1.29, 1.82) is 0 Å². The summed E-state index contributed by atoms with van der Waals surface area (Å²) < 4.78 is 13.7. The molecule has 1 saturated carbocycles. The molecule has 0 unspecified atom stereocenters. The highest BCUT2D eigenvalue weighted by molar-refractivity contribution is 5.88. The van der Waals surface area contributed by atoms with Crippen LogP contribution in [-0.4, -0.2) is 47.8 Å². The molecule has 5 heteroatoms. The maximum Gasteiger partial charge on any atom is 0.233 e. The highest BCUT2D eigenvalue weighted by atomic mass is 19.1. The van der Waals surface area contributed by atoms with E-state index in [-0.39, 0.29) is 17.6 Å². The fourth-order valence-corrected chi connectivity index (χ4v) is 4.13. The number of benzene rings is 1. The summed E-state index contributed by atoms with van der Waals surface area (Å²) in [6.45, 7) is 4.09. The Bertz CT molecular complexity index is 626. The van der Waals surface area contributed by atoms with Crippen LogP contribution in [0.3, 0.4) is 0 Å². The lowest BCUT2D eigenvalue weighted by atomic mass is 9.77. The molecule has 3 rings (SSSR count). The Hall–Kier alpha value is -1.91. The minimum absolute atomic E-state index is 0.0602. The third kappa shape index (κ3) is 3.17. The summed E-state index contributed by atoms with van der Waals surface area (Å²) in [7, 11) is 0. The molecule has 2 fully saturated rings. The molecule has 1 aromatic rings. The lowest BCUT2D eigenvalue weighted by Crippen LogP contribution is -2.47. The van der Waals surface area contributed by atoms with Crippen LogP contribution >= 0.6 is 0 Å². The summed E-state index contributed by atoms with van der Waals surface area (Å²) in [5.74, 6) is -0.119. The first kappa shape index (κ1) is 16.9. The van der Waals surface area contributed by atoms with Crippen molar-refractivity contribution in [2.45, 2.75) is 44.4 Å². The maximum atomic E-state index is 13.7. The van der Waals surface area contributed by atoms with Crippen LogP contribution < -0.4 is 0 Å². The largest absolute Gasteiger partial charge is 0.341 e. The van der Waals surface area contributed by atoms with E-state index in [0.29, 0.717) is 26.2 Å². The minimum Gasteiger partial charge on any atom is -0.341 e. The van der Waals surface area contributed by atoms with Crippen LogP contribution in [0.5, 0.6) is 0 Å². The van der Waals surface area contributed by atoms with Crippen LogP contribution in [-0.2, 0) is 15.0 Å². The summed E-state index contributed by atoms with van der Waals surface area (Å²) in [4.78, 5) is 28.6. The molecule has 0 spiro atoms. The van der Waals surface area contributed by atoms with Crippen LogP contribution in [0.2, 0.25) is 0 Å². The Morgan fingerprint density at radius 3 is 2.33 bits per heavy atom. The van der Waals surface area contributed by atoms with Crippen molar-refractivity contribution in [2.24, 2.45) is 0 Å². The highest BCUT2D eigenvalue weighted by Gasteiger charge is 2.45. The second-order valence-electron chi connectivity index (χ2n) is 6.95. The third-order valence-corrected chi connectivity index (χ3v) is 5.47. The summed E-state index contributed by atoms with van der Waals surface area (Å²) in [6, 6.07) is 6.51. The molecule has 2 aliphatic rings. The van der Waals surface area contributed by atoms with E-state index in [1.807, 2.05) is 11.0 Å². The molecule has 0 atom stereocenters. The van der Waals surface area contributed by atoms with E-state index in [2.05, 4.69) is 0 Å². The molecule has 24 heavy (non-hydrogen) atoms. The van der Waals surface area contributed by atoms with Crippen LogP contribution in [0.25, 0.3) is 0 Å². The minimum atomic E-state index is -0.590. The molecule has 0 radical (unpaired) electrons. The quantitative estimate of drug-likeness (QED) is 0.835. The predicted molar refractivity (Wildman–Crippen MR) is 90.0 cm³/mol. The van der Waals surface area contributed by atoms with Gasteiger partial charge in [-0.05, 0) is 37.0 Å². The van der Waals surface area contributed by atoms with Gasteiger partial charge in [0.05, 0.1) is 5.41 Å². The third-order valence-electron chi connectivity index (χ3n) is 5.47. The van der Waals surface area contributed by atoms with Gasteiger partial charge in [-0.15, -0.1) is 0 Å². The zero-order chi connectivity index (χ0) is 17.2. The standard InChI is InChI=1S/C19H25FN2O2/c1-15(23)21-10-5-11-22(13-12-21)18(24)19(8-2-3-9-19)16-6-4-7-17(20)14-16/h4,6-7,14H,2-3,5,8-13H2,1H3. The monoisotopic (exact) mass is 332 g/mol. The molecule has 4 nitrogen and oxygen atoms in total. The normalized spacial score (nSPS) is 20.8. The molecular weight excluding hydrogens is 307 g/mol. The molecule has 0 N–H and O–H groups in total. The van der Waals surface area contributed by atoms with E-state index in [1.165, 1.54) is 12.1 Å². The summed E-state index contributed by atoms with van der Waals surface area (Å²) in [5.41, 5.74) is 0.214. The number of halogens is 1. The number of rotatable bonds is 2. The van der Waals surface area contributed by atoms with Crippen molar-refractivity contribution in [3.8, 4) is 0 Å². The Morgan fingerprint density at radius 2 is 1.67 bits per heavy atom. The van der Waals surface area contributed by atoms with E-state index in [0.717, 1.165) is 37.7 Å². The van der Waals surface area contributed by atoms with E-state index in [1.54, 1.807) is 17.9 Å². The average molecular weight is 332 g/mol. The molecule has 1 aromatic carbocycles. The first-order chi connectivity index (χ1) is 11.5. The smallest absolute Gasteiger partial charge is 0.233 e. The van der Waals surface area contributed by atoms with Crippen molar-refractivity contribution in [1.82, 2.24) is 9.80 Å². The molecule has 1 heterocycles. The Labute approximate surface area is 142 Å². The fraction of sp³-hybridized carbons (Fsp3) is 0.579. The van der Waals surface area contributed by atoms with Gasteiger partial charge in [0.25, 0.3) is 0 Å². The van der Waals surface area contributed by atoms with Gasteiger partial charge in [0.15, 0.2) is 0 Å². The Kier molecular flexibility index (Phi) is 4.88. The highest BCUT2D eigenvalue weighted by Crippen LogP contribution is 2.43. The van der Waals surface area contributed by atoms with Gasteiger partial charge >= 0.3 is 0 Å². The first-order valence-corrected chi connectivity index (χ1v) is 8.84. The Balaban J connectivity index is 1.84. The lowest BCUT2D eigenvalue weighted by Gasteiger charge is -2.34. The first-order valence-electron chi connectivity index (χ1n) is 8.84. The van der Waals surface area contributed by atoms with Gasteiger partial charge in [0.2, 0.25) is 11.8 Å². The maximum absolute atomic E-state index is 13.7. The van der Waals surface area contributed by atoms with Gasteiger partial charge in [-0.1, -0.05) is 25.0 Å². The topological polar surface area (TPSA) is 40.6 Å². The van der Waals surface area contributed by atoms with E-state index < -0.39 is 5.41 Å². The zero-order valence-electron chi connectivity index (χ0n) is 14.3. The predicted octanol–water partition coefficient (Wildman–Crippen LogP) is 2.72. The van der Waals surface area contributed by atoms with Gasteiger partial charge in [-0.25, -0.2) is 4.39 Å². The lowest BCUT2D eigenvalue weighted by molar-refractivity contribution is -0.137. The number of carbonyl (C=O) groups is 2. The van der Waals surface area contributed by atoms with Crippen molar-refractivity contribution in [2.75, 3.05) is 26.2 Å². The van der Waals surface area contributed by atoms with Crippen LogP contribution in [0.1, 0.15) is 44.6 Å². The van der Waals surface area contributed by atoms with Crippen LogP contribution in [0, 0.1) is 5.82 Å². The van der Waals surface area contributed by atoms with Crippen molar-refractivity contribution < 1.29 is 14.0 Å².